The molecule has 0 saturated heterocycles. The van der Waals surface area contributed by atoms with Crippen LogP contribution in [-0.2, 0) is 16.0 Å². The maximum absolute atomic E-state index is 11.8. The molecule has 0 aliphatic rings. The van der Waals surface area contributed by atoms with Gasteiger partial charge in [-0.3, -0.25) is 9.59 Å². The van der Waals surface area contributed by atoms with E-state index in [1.807, 2.05) is 13.8 Å². The summed E-state index contributed by atoms with van der Waals surface area (Å²) in [6.07, 6.45) is 1.51. The molecule has 1 aromatic carbocycles. The van der Waals surface area contributed by atoms with Gasteiger partial charge < -0.3 is 19.6 Å². The van der Waals surface area contributed by atoms with Crippen molar-refractivity contribution in [3.8, 4) is 5.75 Å². The summed E-state index contributed by atoms with van der Waals surface area (Å²) in [7, 11) is 0. The number of carbonyl (C=O) groups excluding carboxylic acids is 1. The number of carboxylic acids is 1. The van der Waals surface area contributed by atoms with Gasteiger partial charge in [0.25, 0.3) is 5.91 Å². The van der Waals surface area contributed by atoms with E-state index in [0.717, 1.165) is 17.5 Å². The molecule has 0 aliphatic carbocycles. The van der Waals surface area contributed by atoms with Crippen LogP contribution in [-0.4, -0.2) is 29.6 Å². The lowest BCUT2D eigenvalue weighted by atomic mass is 10.0. The zero-order valence-corrected chi connectivity index (χ0v) is 14.4. The largest absolute Gasteiger partial charge is 0.483 e. The Bertz CT molecular complexity index is 855. The van der Waals surface area contributed by atoms with Gasteiger partial charge in [0, 0.05) is 6.07 Å². The second kappa shape index (κ2) is 7.83. The number of hydrogen-bond donors (Lipinski definition) is 2. The van der Waals surface area contributed by atoms with Gasteiger partial charge in [0.15, 0.2) is 6.61 Å². The molecule has 7 nitrogen and oxygen atoms in total. The van der Waals surface area contributed by atoms with Gasteiger partial charge in [-0.05, 0) is 43.5 Å². The summed E-state index contributed by atoms with van der Waals surface area (Å²) in [5.41, 5.74) is 1.59. The molecular weight excluding hydrogens is 326 g/mol. The second-order valence-corrected chi connectivity index (χ2v) is 5.89. The lowest BCUT2D eigenvalue weighted by Crippen LogP contribution is -2.40. The van der Waals surface area contributed by atoms with Crippen LogP contribution in [0.25, 0.3) is 11.0 Å². The number of amides is 1. The van der Waals surface area contributed by atoms with Crippen molar-refractivity contribution in [2.45, 2.75) is 39.7 Å². The molecule has 2 rings (SSSR count). The summed E-state index contributed by atoms with van der Waals surface area (Å²) < 4.78 is 10.9. The zero-order chi connectivity index (χ0) is 18.6. The quantitative estimate of drug-likeness (QED) is 0.742. The Morgan fingerprint density at radius 1 is 1.32 bits per heavy atom. The average molecular weight is 347 g/mol. The van der Waals surface area contributed by atoms with Gasteiger partial charge in [0.05, 0.1) is 5.39 Å². The summed E-state index contributed by atoms with van der Waals surface area (Å²) >= 11 is 0. The molecule has 2 N–H and O–H groups in total. The van der Waals surface area contributed by atoms with Gasteiger partial charge in [-0.1, -0.05) is 13.3 Å². The third-order valence-corrected chi connectivity index (χ3v) is 3.66. The van der Waals surface area contributed by atoms with E-state index in [1.165, 1.54) is 13.0 Å². The molecule has 134 valence electrons. The van der Waals surface area contributed by atoms with Gasteiger partial charge in [-0.25, -0.2) is 4.79 Å². The van der Waals surface area contributed by atoms with E-state index in [2.05, 4.69) is 5.32 Å². The Balaban J connectivity index is 2.32. The van der Waals surface area contributed by atoms with Crippen LogP contribution in [0.3, 0.4) is 0 Å². The van der Waals surface area contributed by atoms with Gasteiger partial charge in [-0.2, -0.15) is 0 Å². The third kappa shape index (κ3) is 4.59. The monoisotopic (exact) mass is 347 g/mol. The number of aliphatic carboxylic acids is 1. The third-order valence-electron chi connectivity index (χ3n) is 3.66. The van der Waals surface area contributed by atoms with E-state index in [-0.39, 0.29) is 6.61 Å². The smallest absolute Gasteiger partial charge is 0.336 e. The van der Waals surface area contributed by atoms with Crippen LogP contribution in [0.15, 0.2) is 27.4 Å². The predicted molar refractivity (Wildman–Crippen MR) is 92.0 cm³/mol. The van der Waals surface area contributed by atoms with Gasteiger partial charge in [0.1, 0.15) is 17.4 Å². The number of rotatable bonds is 7. The molecule has 0 aliphatic heterocycles. The molecule has 1 unspecified atom stereocenters. The molecule has 7 heteroatoms. The van der Waals surface area contributed by atoms with Gasteiger partial charge in [-0.15, -0.1) is 0 Å². The van der Waals surface area contributed by atoms with Crippen molar-refractivity contribution in [2.24, 2.45) is 0 Å². The van der Waals surface area contributed by atoms with E-state index in [4.69, 9.17) is 14.3 Å². The number of ether oxygens (including phenoxy) is 1. The number of benzene rings is 1. The van der Waals surface area contributed by atoms with Gasteiger partial charge in [0.2, 0.25) is 0 Å². The molecular formula is C18H21NO6. The molecule has 1 aromatic heterocycles. The van der Waals surface area contributed by atoms with E-state index < -0.39 is 23.5 Å². The maximum atomic E-state index is 11.8. The van der Waals surface area contributed by atoms with Crippen molar-refractivity contribution < 1.29 is 23.8 Å². The standard InChI is InChI=1S/C18H21NO6/c1-4-5-12-8-16(21)25-14-7-10(2)6-13(17(12)14)24-9-15(20)19-11(3)18(22)23/h6-8,11H,4-5,9H2,1-3H3,(H,19,20)(H,22,23). The minimum absolute atomic E-state index is 0.332. The molecule has 1 heterocycles. The minimum atomic E-state index is -1.12. The predicted octanol–water partition coefficient (Wildman–Crippen LogP) is 2.02. The summed E-state index contributed by atoms with van der Waals surface area (Å²) in [6.45, 7) is 4.86. The Morgan fingerprint density at radius 2 is 2.04 bits per heavy atom. The highest BCUT2D eigenvalue weighted by Gasteiger charge is 2.16. The Labute approximate surface area is 144 Å². The lowest BCUT2D eigenvalue weighted by Gasteiger charge is -2.14. The summed E-state index contributed by atoms with van der Waals surface area (Å²) in [5, 5.41) is 11.8. The molecule has 1 amide bonds. The van der Waals surface area contributed by atoms with Crippen LogP contribution in [0.4, 0.5) is 0 Å². The Hall–Kier alpha value is -2.83. The van der Waals surface area contributed by atoms with Crippen molar-refractivity contribution in [1.82, 2.24) is 5.32 Å². The SMILES string of the molecule is CCCc1cc(=O)oc2cc(C)cc(OCC(=O)NC(C)C(=O)O)c12. The van der Waals surface area contributed by atoms with Crippen LogP contribution >= 0.6 is 0 Å². The second-order valence-electron chi connectivity index (χ2n) is 5.89. The van der Waals surface area contributed by atoms with E-state index >= 15 is 0 Å². The van der Waals surface area contributed by atoms with Crippen LogP contribution in [0, 0.1) is 6.92 Å². The van der Waals surface area contributed by atoms with Crippen LogP contribution in [0.5, 0.6) is 5.75 Å². The molecule has 0 bridgehead atoms. The molecule has 0 fully saturated rings. The van der Waals surface area contributed by atoms with Crippen LogP contribution in [0.2, 0.25) is 0 Å². The number of nitrogens with one attached hydrogen (secondary N) is 1. The molecule has 1 atom stereocenters. The summed E-state index contributed by atoms with van der Waals surface area (Å²) in [5.74, 6) is -1.24. The number of fused-ring (bicyclic) bond motifs is 1. The fourth-order valence-electron chi connectivity index (χ4n) is 2.54. The highest BCUT2D eigenvalue weighted by atomic mass is 16.5. The topological polar surface area (TPSA) is 106 Å². The first-order chi connectivity index (χ1) is 11.8. The molecule has 0 spiro atoms. The van der Waals surface area contributed by atoms with Crippen molar-refractivity contribution in [2.75, 3.05) is 6.61 Å². The number of carbonyl (C=O) groups is 2. The molecule has 0 radical (unpaired) electrons. The number of carboxylic acid groups (broad SMARTS) is 1. The highest BCUT2D eigenvalue weighted by Crippen LogP contribution is 2.30. The minimum Gasteiger partial charge on any atom is -0.483 e. The van der Waals surface area contributed by atoms with Crippen molar-refractivity contribution in [3.63, 3.8) is 0 Å². The first-order valence-electron chi connectivity index (χ1n) is 8.04. The maximum Gasteiger partial charge on any atom is 0.336 e. The molecule has 25 heavy (non-hydrogen) atoms. The average Bonchev–Trinajstić information content (AvgIpc) is 2.51. The fourth-order valence-corrected chi connectivity index (χ4v) is 2.54. The van der Waals surface area contributed by atoms with Crippen molar-refractivity contribution in [3.05, 3.63) is 39.7 Å². The normalized spacial score (nSPS) is 12.0. The lowest BCUT2D eigenvalue weighted by molar-refractivity contribution is -0.141. The first kappa shape index (κ1) is 18.5. The first-order valence-corrected chi connectivity index (χ1v) is 8.04. The molecule has 2 aromatic rings. The summed E-state index contributed by atoms with van der Waals surface area (Å²) in [6, 6.07) is 3.93. The Morgan fingerprint density at radius 3 is 2.68 bits per heavy atom. The van der Waals surface area contributed by atoms with Crippen LogP contribution in [0.1, 0.15) is 31.4 Å². The van der Waals surface area contributed by atoms with Crippen molar-refractivity contribution in [1.29, 1.82) is 0 Å². The Kier molecular flexibility index (Phi) is 5.80. The van der Waals surface area contributed by atoms with Crippen molar-refractivity contribution >= 4 is 22.8 Å². The van der Waals surface area contributed by atoms with E-state index in [1.54, 1.807) is 12.1 Å². The van der Waals surface area contributed by atoms with Crippen LogP contribution < -0.4 is 15.7 Å². The number of hydrogen-bond acceptors (Lipinski definition) is 5. The van der Waals surface area contributed by atoms with E-state index in [0.29, 0.717) is 23.1 Å². The summed E-state index contributed by atoms with van der Waals surface area (Å²) in [4.78, 5) is 34.3. The zero-order valence-electron chi connectivity index (χ0n) is 14.4. The van der Waals surface area contributed by atoms with Gasteiger partial charge >= 0.3 is 11.6 Å². The highest BCUT2D eigenvalue weighted by molar-refractivity contribution is 5.88. The molecule has 0 saturated carbocycles. The fraction of sp³-hybridized carbons (Fsp3) is 0.389. The van der Waals surface area contributed by atoms with E-state index in [9.17, 15) is 14.4 Å². The number of aryl methyl sites for hydroxylation is 2.